The second-order valence-corrected chi connectivity index (χ2v) is 8.82. The zero-order chi connectivity index (χ0) is 22.0. The fraction of sp³-hybridized carbons (Fsp3) is 0.182. The quantitative estimate of drug-likeness (QED) is 0.487. The van der Waals surface area contributed by atoms with Gasteiger partial charge in [0, 0.05) is 42.0 Å². The molecule has 0 aliphatic rings. The van der Waals surface area contributed by atoms with Crippen molar-refractivity contribution in [2.75, 3.05) is 14.1 Å². The zero-order valence-electron chi connectivity index (χ0n) is 17.0. The largest absolute Gasteiger partial charge is 0.355 e. The Morgan fingerprint density at radius 1 is 1.16 bits per heavy atom. The van der Waals surface area contributed by atoms with Gasteiger partial charge in [-0.05, 0) is 29.1 Å². The molecule has 3 aromatic heterocycles. The standard InChI is InChI=1S/C22H20N4O3S2/c1-23-20(28)15-7-5-14(6-8-15)10-25(2)18(27)11-26-13-24-21-19(22(26)29)16(12-31-21)17-4-3-9-30-17/h3-9,12-13H,10-11H2,1-2H3,(H,23,28). The smallest absolute Gasteiger partial charge is 0.263 e. The summed E-state index contributed by atoms with van der Waals surface area (Å²) in [5, 5.41) is 7.03. The maximum absolute atomic E-state index is 13.1. The summed E-state index contributed by atoms with van der Waals surface area (Å²) < 4.78 is 1.36. The third-order valence-corrected chi connectivity index (χ3v) is 6.73. The van der Waals surface area contributed by atoms with E-state index in [1.807, 2.05) is 35.0 Å². The van der Waals surface area contributed by atoms with Crippen LogP contribution in [-0.4, -0.2) is 40.4 Å². The van der Waals surface area contributed by atoms with E-state index in [4.69, 9.17) is 0 Å². The van der Waals surface area contributed by atoms with Crippen LogP contribution in [0, 0.1) is 0 Å². The number of carbonyl (C=O) groups excluding carboxylic acids is 2. The van der Waals surface area contributed by atoms with Crippen molar-refractivity contribution in [3.05, 3.63) is 75.0 Å². The highest BCUT2D eigenvalue weighted by atomic mass is 32.1. The van der Waals surface area contributed by atoms with Gasteiger partial charge in [0.05, 0.1) is 11.7 Å². The molecular formula is C22H20N4O3S2. The highest BCUT2D eigenvalue weighted by molar-refractivity contribution is 7.18. The summed E-state index contributed by atoms with van der Waals surface area (Å²) in [4.78, 5) is 45.1. The Morgan fingerprint density at radius 2 is 1.94 bits per heavy atom. The van der Waals surface area contributed by atoms with Gasteiger partial charge < -0.3 is 10.2 Å². The van der Waals surface area contributed by atoms with E-state index in [0.717, 1.165) is 16.0 Å². The van der Waals surface area contributed by atoms with Crippen molar-refractivity contribution in [2.24, 2.45) is 0 Å². The van der Waals surface area contributed by atoms with E-state index in [1.54, 1.807) is 42.5 Å². The number of amides is 2. The predicted molar refractivity (Wildman–Crippen MR) is 123 cm³/mol. The molecular weight excluding hydrogens is 432 g/mol. The third kappa shape index (κ3) is 4.28. The van der Waals surface area contributed by atoms with Crippen molar-refractivity contribution < 1.29 is 9.59 Å². The van der Waals surface area contributed by atoms with E-state index >= 15 is 0 Å². The van der Waals surface area contributed by atoms with Gasteiger partial charge in [-0.25, -0.2) is 4.98 Å². The molecule has 7 nitrogen and oxygen atoms in total. The first-order valence-corrected chi connectivity index (χ1v) is 11.3. The van der Waals surface area contributed by atoms with Crippen molar-refractivity contribution in [3.63, 3.8) is 0 Å². The number of fused-ring (bicyclic) bond motifs is 1. The number of hydrogen-bond acceptors (Lipinski definition) is 6. The molecule has 0 aliphatic heterocycles. The monoisotopic (exact) mass is 452 g/mol. The van der Waals surface area contributed by atoms with Crippen LogP contribution >= 0.6 is 22.7 Å². The van der Waals surface area contributed by atoms with Crippen LogP contribution in [0.15, 0.2) is 58.3 Å². The minimum Gasteiger partial charge on any atom is -0.355 e. The minimum absolute atomic E-state index is 0.0890. The maximum atomic E-state index is 13.1. The number of carbonyl (C=O) groups is 2. The van der Waals surface area contributed by atoms with Crippen LogP contribution in [0.5, 0.6) is 0 Å². The van der Waals surface area contributed by atoms with Crippen LogP contribution in [0.1, 0.15) is 15.9 Å². The first-order chi connectivity index (χ1) is 15.0. The number of nitrogens with zero attached hydrogens (tertiary/aromatic N) is 3. The van der Waals surface area contributed by atoms with Crippen LogP contribution < -0.4 is 10.9 Å². The van der Waals surface area contributed by atoms with Gasteiger partial charge in [-0.2, -0.15) is 0 Å². The molecule has 1 aromatic carbocycles. The molecule has 9 heteroatoms. The molecule has 2 amide bonds. The van der Waals surface area contributed by atoms with Gasteiger partial charge in [-0.15, -0.1) is 22.7 Å². The zero-order valence-corrected chi connectivity index (χ0v) is 18.6. The molecule has 158 valence electrons. The molecule has 0 unspecified atom stereocenters. The summed E-state index contributed by atoms with van der Waals surface area (Å²) >= 11 is 2.99. The van der Waals surface area contributed by atoms with Crippen LogP contribution in [0.2, 0.25) is 0 Å². The average Bonchev–Trinajstić information content (AvgIpc) is 3.45. The van der Waals surface area contributed by atoms with Gasteiger partial charge in [0.25, 0.3) is 11.5 Å². The van der Waals surface area contributed by atoms with E-state index in [9.17, 15) is 14.4 Å². The average molecular weight is 453 g/mol. The Hall–Kier alpha value is -3.30. The predicted octanol–water partition coefficient (Wildman–Crippen LogP) is 3.20. The molecule has 0 atom stereocenters. The molecule has 0 aliphatic carbocycles. The van der Waals surface area contributed by atoms with Gasteiger partial charge in [-0.3, -0.25) is 19.0 Å². The molecule has 3 heterocycles. The van der Waals surface area contributed by atoms with Gasteiger partial charge in [0.2, 0.25) is 5.91 Å². The molecule has 0 radical (unpaired) electrons. The van der Waals surface area contributed by atoms with Crippen molar-refractivity contribution in [1.82, 2.24) is 19.8 Å². The molecule has 0 fully saturated rings. The fourth-order valence-corrected chi connectivity index (χ4v) is 4.95. The first-order valence-electron chi connectivity index (χ1n) is 9.53. The molecule has 1 N–H and O–H groups in total. The number of likely N-dealkylation sites (N-methyl/N-ethyl adjacent to an activating group) is 1. The molecule has 0 saturated heterocycles. The fourth-order valence-electron chi connectivity index (χ4n) is 3.23. The van der Waals surface area contributed by atoms with Crippen molar-refractivity contribution in [3.8, 4) is 10.4 Å². The SMILES string of the molecule is CNC(=O)c1ccc(CN(C)C(=O)Cn2cnc3scc(-c4cccs4)c3c2=O)cc1. The van der Waals surface area contributed by atoms with E-state index < -0.39 is 0 Å². The minimum atomic E-state index is -0.216. The lowest BCUT2D eigenvalue weighted by Crippen LogP contribution is -2.33. The Bertz CT molecular complexity index is 1290. The van der Waals surface area contributed by atoms with Crippen LogP contribution in [-0.2, 0) is 17.9 Å². The maximum Gasteiger partial charge on any atom is 0.263 e. The van der Waals surface area contributed by atoms with Gasteiger partial charge >= 0.3 is 0 Å². The van der Waals surface area contributed by atoms with Crippen molar-refractivity contribution in [2.45, 2.75) is 13.1 Å². The molecule has 0 saturated carbocycles. The number of benzene rings is 1. The van der Waals surface area contributed by atoms with Crippen molar-refractivity contribution >= 4 is 44.7 Å². The number of rotatable bonds is 6. The van der Waals surface area contributed by atoms with Crippen LogP contribution in [0.25, 0.3) is 20.7 Å². The van der Waals surface area contributed by atoms with Crippen LogP contribution in [0.4, 0.5) is 0 Å². The second kappa shape index (κ2) is 8.83. The van der Waals surface area contributed by atoms with E-state index in [-0.39, 0.29) is 23.9 Å². The normalized spacial score (nSPS) is 10.9. The lowest BCUT2D eigenvalue weighted by molar-refractivity contribution is -0.131. The summed E-state index contributed by atoms with van der Waals surface area (Å²) in [6.07, 6.45) is 1.43. The number of hydrogen-bond donors (Lipinski definition) is 1. The number of nitrogens with one attached hydrogen (secondary N) is 1. The van der Waals surface area contributed by atoms with Gasteiger partial charge in [0.1, 0.15) is 11.4 Å². The Labute approximate surface area is 186 Å². The Balaban J connectivity index is 1.51. The van der Waals surface area contributed by atoms with Crippen LogP contribution in [0.3, 0.4) is 0 Å². The molecule has 4 rings (SSSR count). The summed E-state index contributed by atoms with van der Waals surface area (Å²) in [6, 6.07) is 11.0. The summed E-state index contributed by atoms with van der Waals surface area (Å²) in [6.45, 7) is 0.282. The highest BCUT2D eigenvalue weighted by Crippen LogP contribution is 2.33. The molecule has 0 bridgehead atoms. The van der Waals surface area contributed by atoms with Crippen molar-refractivity contribution in [1.29, 1.82) is 0 Å². The first kappa shape index (κ1) is 21.0. The molecule has 0 spiro atoms. The number of aromatic nitrogens is 2. The summed E-state index contributed by atoms with van der Waals surface area (Å²) in [5.41, 5.74) is 2.09. The Morgan fingerprint density at radius 3 is 2.61 bits per heavy atom. The molecule has 31 heavy (non-hydrogen) atoms. The van der Waals surface area contributed by atoms with Gasteiger partial charge in [0.15, 0.2) is 0 Å². The molecule has 4 aromatic rings. The summed E-state index contributed by atoms with van der Waals surface area (Å²) in [5.74, 6) is -0.361. The topological polar surface area (TPSA) is 84.3 Å². The highest BCUT2D eigenvalue weighted by Gasteiger charge is 2.17. The second-order valence-electron chi connectivity index (χ2n) is 7.01. The summed E-state index contributed by atoms with van der Waals surface area (Å²) in [7, 11) is 3.27. The van der Waals surface area contributed by atoms with E-state index in [0.29, 0.717) is 22.3 Å². The Kier molecular flexibility index (Phi) is 5.97. The third-order valence-electron chi connectivity index (χ3n) is 4.94. The van der Waals surface area contributed by atoms with E-state index in [1.165, 1.54) is 22.2 Å². The lowest BCUT2D eigenvalue weighted by Gasteiger charge is -2.18. The van der Waals surface area contributed by atoms with Gasteiger partial charge in [-0.1, -0.05) is 18.2 Å². The number of thiophene rings is 2. The van der Waals surface area contributed by atoms with E-state index in [2.05, 4.69) is 10.3 Å². The lowest BCUT2D eigenvalue weighted by atomic mass is 10.1.